The topological polar surface area (TPSA) is 75.4 Å². The minimum absolute atomic E-state index is 0. The molecule has 1 aliphatic rings. The lowest BCUT2D eigenvalue weighted by Crippen LogP contribution is -2.47. The number of anilines is 1. The molecule has 0 unspecified atom stereocenters. The number of alkyl halides is 3. The summed E-state index contributed by atoms with van der Waals surface area (Å²) >= 11 is 0. The van der Waals surface area contributed by atoms with E-state index in [-0.39, 0.29) is 42.1 Å². The Morgan fingerprint density at radius 1 is 1.22 bits per heavy atom. The van der Waals surface area contributed by atoms with E-state index >= 15 is 0 Å². The van der Waals surface area contributed by atoms with Gasteiger partial charge in [0.15, 0.2) is 0 Å². The molecule has 3 N–H and O–H groups in total. The molecular formula is C13H19ClF3N3O2S. The van der Waals surface area contributed by atoms with E-state index in [0.29, 0.717) is 12.8 Å². The maximum absolute atomic E-state index is 12.3. The average molecular weight is 374 g/mol. The lowest BCUT2D eigenvalue weighted by atomic mass is 10.1. The Hall–Kier alpha value is -1.03. The number of halogens is 4. The lowest BCUT2D eigenvalue weighted by molar-refractivity contribution is -0.148. The SMILES string of the molecule is Cl.Nc1ccccc1S(=O)(=O)NC1CCN(CC(F)(F)F)CC1. The minimum Gasteiger partial charge on any atom is -0.398 e. The summed E-state index contributed by atoms with van der Waals surface area (Å²) in [5, 5.41) is 0. The van der Waals surface area contributed by atoms with E-state index in [1.54, 1.807) is 12.1 Å². The first kappa shape index (κ1) is 20.0. The van der Waals surface area contributed by atoms with Crippen molar-refractivity contribution < 1.29 is 21.6 Å². The van der Waals surface area contributed by atoms with Crippen molar-refractivity contribution in [1.82, 2.24) is 9.62 Å². The molecule has 0 radical (unpaired) electrons. The van der Waals surface area contributed by atoms with E-state index in [1.165, 1.54) is 17.0 Å². The highest BCUT2D eigenvalue weighted by molar-refractivity contribution is 7.89. The number of piperidine rings is 1. The number of hydrogen-bond donors (Lipinski definition) is 2. The fraction of sp³-hybridized carbons (Fsp3) is 0.538. The Bertz CT molecular complexity index is 617. The summed E-state index contributed by atoms with van der Waals surface area (Å²) < 4.78 is 63.9. The summed E-state index contributed by atoms with van der Waals surface area (Å²) in [4.78, 5) is 1.27. The predicted molar refractivity (Wildman–Crippen MR) is 83.9 cm³/mol. The van der Waals surface area contributed by atoms with Crippen LogP contribution >= 0.6 is 12.4 Å². The third-order valence-electron chi connectivity index (χ3n) is 3.52. The summed E-state index contributed by atoms with van der Waals surface area (Å²) in [6.07, 6.45) is -3.56. The second-order valence-electron chi connectivity index (χ2n) is 5.32. The van der Waals surface area contributed by atoms with E-state index in [0.717, 1.165) is 0 Å². The van der Waals surface area contributed by atoms with Crippen LogP contribution in [0.4, 0.5) is 18.9 Å². The minimum atomic E-state index is -4.23. The van der Waals surface area contributed by atoms with Crippen LogP contribution in [0.1, 0.15) is 12.8 Å². The molecule has 1 aromatic carbocycles. The molecule has 132 valence electrons. The molecule has 0 amide bonds. The largest absolute Gasteiger partial charge is 0.401 e. The molecule has 1 fully saturated rings. The van der Waals surface area contributed by atoms with Gasteiger partial charge in [-0.25, -0.2) is 13.1 Å². The van der Waals surface area contributed by atoms with Crippen LogP contribution in [0, 0.1) is 0 Å². The molecule has 2 rings (SSSR count). The fourth-order valence-corrected chi connectivity index (χ4v) is 3.91. The van der Waals surface area contributed by atoms with E-state index in [9.17, 15) is 21.6 Å². The molecule has 5 nitrogen and oxygen atoms in total. The van der Waals surface area contributed by atoms with E-state index < -0.39 is 22.7 Å². The molecule has 0 aromatic heterocycles. The highest BCUT2D eigenvalue weighted by Gasteiger charge is 2.33. The maximum atomic E-state index is 12.3. The van der Waals surface area contributed by atoms with Crippen molar-refractivity contribution >= 4 is 28.1 Å². The number of nitrogens with zero attached hydrogens (tertiary/aromatic N) is 1. The second kappa shape index (κ2) is 7.69. The maximum Gasteiger partial charge on any atom is 0.401 e. The molecule has 0 atom stereocenters. The first-order valence-electron chi connectivity index (χ1n) is 6.83. The summed E-state index contributed by atoms with van der Waals surface area (Å²) in [6, 6.07) is 5.70. The Morgan fingerprint density at radius 2 is 1.78 bits per heavy atom. The molecule has 0 spiro atoms. The summed E-state index contributed by atoms with van der Waals surface area (Å²) in [5.74, 6) is 0. The van der Waals surface area contributed by atoms with Crippen LogP contribution in [-0.2, 0) is 10.0 Å². The zero-order valence-electron chi connectivity index (χ0n) is 12.2. The highest BCUT2D eigenvalue weighted by atomic mass is 35.5. The number of likely N-dealkylation sites (tertiary alicyclic amines) is 1. The third kappa shape index (κ3) is 5.83. The predicted octanol–water partition coefficient (Wildman–Crippen LogP) is 2.00. The van der Waals surface area contributed by atoms with Crippen molar-refractivity contribution in [2.24, 2.45) is 0 Å². The number of hydrogen-bond acceptors (Lipinski definition) is 4. The van der Waals surface area contributed by atoms with Crippen LogP contribution in [0.2, 0.25) is 0 Å². The number of benzene rings is 1. The van der Waals surface area contributed by atoms with Crippen molar-refractivity contribution in [3.63, 3.8) is 0 Å². The van der Waals surface area contributed by atoms with Gasteiger partial charge in [-0.15, -0.1) is 12.4 Å². The molecule has 1 saturated heterocycles. The zero-order chi connectivity index (χ0) is 16.4. The average Bonchev–Trinajstić information content (AvgIpc) is 2.39. The first-order valence-corrected chi connectivity index (χ1v) is 8.32. The van der Waals surface area contributed by atoms with E-state index in [4.69, 9.17) is 5.73 Å². The number of sulfonamides is 1. The van der Waals surface area contributed by atoms with Crippen molar-refractivity contribution in [3.8, 4) is 0 Å². The van der Waals surface area contributed by atoms with Gasteiger partial charge in [0, 0.05) is 6.04 Å². The van der Waals surface area contributed by atoms with Gasteiger partial charge in [0.05, 0.1) is 12.2 Å². The quantitative estimate of drug-likeness (QED) is 0.791. The van der Waals surface area contributed by atoms with Crippen LogP contribution in [0.15, 0.2) is 29.2 Å². The second-order valence-corrected chi connectivity index (χ2v) is 7.01. The van der Waals surface area contributed by atoms with Crippen LogP contribution in [0.3, 0.4) is 0 Å². The van der Waals surface area contributed by atoms with Crippen LogP contribution in [0.25, 0.3) is 0 Å². The van der Waals surface area contributed by atoms with Crippen molar-refractivity contribution in [2.75, 3.05) is 25.4 Å². The Morgan fingerprint density at radius 3 is 2.30 bits per heavy atom. The van der Waals surface area contributed by atoms with Gasteiger partial charge in [0.2, 0.25) is 10.0 Å². The fourth-order valence-electron chi connectivity index (χ4n) is 2.47. The Labute approximate surface area is 139 Å². The number of para-hydroxylation sites is 1. The number of nitrogen functional groups attached to an aromatic ring is 1. The highest BCUT2D eigenvalue weighted by Crippen LogP contribution is 2.22. The molecule has 1 aromatic rings. The molecule has 1 aliphatic heterocycles. The van der Waals surface area contributed by atoms with Crippen LogP contribution in [0.5, 0.6) is 0 Å². The van der Waals surface area contributed by atoms with Crippen LogP contribution in [-0.4, -0.2) is 45.2 Å². The van der Waals surface area contributed by atoms with Gasteiger partial charge >= 0.3 is 6.18 Å². The van der Waals surface area contributed by atoms with Gasteiger partial charge < -0.3 is 5.73 Å². The molecule has 0 saturated carbocycles. The normalized spacial score (nSPS) is 17.7. The Kier molecular flexibility index (Phi) is 6.70. The molecule has 0 bridgehead atoms. The van der Waals surface area contributed by atoms with E-state index in [1.807, 2.05) is 0 Å². The smallest absolute Gasteiger partial charge is 0.398 e. The van der Waals surface area contributed by atoms with E-state index in [2.05, 4.69) is 4.72 Å². The number of nitrogens with one attached hydrogen (secondary N) is 1. The van der Waals surface area contributed by atoms with Crippen molar-refractivity contribution in [2.45, 2.75) is 30.0 Å². The van der Waals surface area contributed by atoms with Gasteiger partial charge in [0.1, 0.15) is 4.90 Å². The van der Waals surface area contributed by atoms with Gasteiger partial charge in [-0.05, 0) is 38.1 Å². The van der Waals surface area contributed by atoms with Crippen molar-refractivity contribution in [3.05, 3.63) is 24.3 Å². The molecule has 10 heteroatoms. The molecular weight excluding hydrogens is 355 g/mol. The third-order valence-corrected chi connectivity index (χ3v) is 5.12. The lowest BCUT2D eigenvalue weighted by Gasteiger charge is -2.32. The molecule has 0 aliphatic carbocycles. The van der Waals surface area contributed by atoms with Gasteiger partial charge in [-0.3, -0.25) is 4.90 Å². The van der Waals surface area contributed by atoms with Gasteiger partial charge in [-0.2, -0.15) is 13.2 Å². The number of rotatable bonds is 4. The monoisotopic (exact) mass is 373 g/mol. The summed E-state index contributed by atoms with van der Waals surface area (Å²) in [6.45, 7) is -0.550. The van der Waals surface area contributed by atoms with Gasteiger partial charge in [-0.1, -0.05) is 12.1 Å². The number of nitrogens with two attached hydrogens (primary N) is 1. The summed E-state index contributed by atoms with van der Waals surface area (Å²) in [7, 11) is -3.76. The first-order chi connectivity index (χ1) is 10.2. The molecule has 23 heavy (non-hydrogen) atoms. The van der Waals surface area contributed by atoms with Crippen LogP contribution < -0.4 is 10.5 Å². The molecule has 1 heterocycles. The standard InChI is InChI=1S/C13H18F3N3O2S.ClH/c14-13(15,16)9-19-7-5-10(6-8-19)18-22(20,21)12-4-2-1-3-11(12)17;/h1-4,10,18H,5-9,17H2;1H. The Balaban J connectivity index is 0.00000264. The zero-order valence-corrected chi connectivity index (χ0v) is 13.8. The van der Waals surface area contributed by atoms with Gasteiger partial charge in [0.25, 0.3) is 0 Å². The van der Waals surface area contributed by atoms with Crippen molar-refractivity contribution in [1.29, 1.82) is 0 Å². The summed E-state index contributed by atoms with van der Waals surface area (Å²) in [5.41, 5.74) is 5.79.